The fraction of sp³-hybridized carbons (Fsp3) is 0.474. The highest BCUT2D eigenvalue weighted by Gasteiger charge is 2.27. The molecule has 0 amide bonds. The minimum Gasteiger partial charge on any atom is -0.466 e. The fourth-order valence-corrected chi connectivity index (χ4v) is 5.89. The van der Waals surface area contributed by atoms with Crippen molar-refractivity contribution in [3.05, 3.63) is 109 Å². The van der Waals surface area contributed by atoms with Gasteiger partial charge in [0.2, 0.25) is 5.78 Å². The molecule has 0 bridgehead atoms. The molecule has 2 fully saturated rings. The number of benzene rings is 2. The van der Waals surface area contributed by atoms with Crippen molar-refractivity contribution < 1.29 is 14.3 Å². The molecule has 260 valence electrons. The summed E-state index contributed by atoms with van der Waals surface area (Å²) < 4.78 is 9.06. The van der Waals surface area contributed by atoms with Crippen LogP contribution in [0.1, 0.15) is 54.4 Å². The molecule has 0 aliphatic carbocycles. The van der Waals surface area contributed by atoms with E-state index in [0.29, 0.717) is 12.4 Å². The number of aryl methyl sites for hydroxylation is 4. The van der Waals surface area contributed by atoms with E-state index in [0.717, 1.165) is 77.8 Å². The molecular weight excluding hydrogens is 624 g/mol. The third-order valence-electron chi connectivity index (χ3n) is 8.91. The van der Waals surface area contributed by atoms with E-state index < -0.39 is 0 Å². The number of carbonyl (C=O) groups excluding carboxylic acids is 2. The normalized spacial score (nSPS) is 15.6. The molecule has 0 spiro atoms. The summed E-state index contributed by atoms with van der Waals surface area (Å²) in [5, 5.41) is 0. The van der Waals surface area contributed by atoms with Crippen LogP contribution in [0, 0.1) is 11.8 Å². The number of ether oxygens (including phenoxy) is 1. The van der Waals surface area contributed by atoms with Crippen LogP contribution in [0.4, 0.5) is 0 Å². The van der Waals surface area contributed by atoms with Gasteiger partial charge in [0, 0.05) is 43.8 Å². The lowest BCUT2D eigenvalue weighted by Crippen LogP contribution is -2.34. The zero-order valence-electron chi connectivity index (χ0n) is 28.8. The van der Waals surface area contributed by atoms with Gasteiger partial charge in [0.1, 0.15) is 0 Å². The van der Waals surface area contributed by atoms with Crippen LogP contribution in [-0.4, -0.2) is 87.5 Å². The van der Waals surface area contributed by atoms with E-state index in [9.17, 15) is 9.59 Å². The molecule has 48 heavy (non-hydrogen) atoms. The second-order valence-corrected chi connectivity index (χ2v) is 12.5. The van der Waals surface area contributed by atoms with Crippen LogP contribution in [0.5, 0.6) is 0 Å². The van der Waals surface area contributed by atoms with Gasteiger partial charge in [-0.1, -0.05) is 60.7 Å². The minimum atomic E-state index is -0.00870. The average Bonchev–Trinajstić information content (AvgIpc) is 3.81. The Morgan fingerprint density at radius 2 is 1.29 bits per heavy atom. The molecule has 2 aliphatic rings. The number of rotatable bonds is 10. The summed E-state index contributed by atoms with van der Waals surface area (Å²) >= 11 is 0. The first-order valence-corrected chi connectivity index (χ1v) is 17.1. The van der Waals surface area contributed by atoms with Gasteiger partial charge in [0.05, 0.1) is 18.9 Å². The van der Waals surface area contributed by atoms with Crippen LogP contribution in [0.2, 0.25) is 0 Å². The standard InChI is InChI=1S/C18H23N3O.C11H12N2.C9H17NO2.ClH/c1-20-11-8-16(9-12-20)17(22)18-19-10-14-21(18)13-7-15-5-3-2-4-6-15;1-2-4-11(5-3-1)6-8-13-9-7-12-10-13;1-3-12-9(11)8-4-6-10(2)7-5-8;/h2-6,10,14,16H,7-9,11-13H2,1H3;1-5,7,9-10H,6,8H2;8H,3-7H2,1-2H3;1H. The van der Waals surface area contributed by atoms with Crippen molar-refractivity contribution in [2.45, 2.75) is 58.5 Å². The number of nitrogens with zero attached hydrogens (tertiary/aromatic N) is 6. The molecule has 2 aliphatic heterocycles. The summed E-state index contributed by atoms with van der Waals surface area (Å²) in [7, 11) is 4.20. The van der Waals surface area contributed by atoms with Gasteiger partial charge in [-0.2, -0.15) is 0 Å². The third kappa shape index (κ3) is 13.0. The number of halogens is 1. The Bertz CT molecular complexity index is 1430. The van der Waals surface area contributed by atoms with Crippen molar-refractivity contribution in [1.82, 2.24) is 28.9 Å². The Morgan fingerprint density at radius 1 is 0.750 bits per heavy atom. The molecule has 0 unspecified atom stereocenters. The van der Waals surface area contributed by atoms with Gasteiger partial charge in [0.15, 0.2) is 5.82 Å². The Labute approximate surface area is 292 Å². The second-order valence-electron chi connectivity index (χ2n) is 12.5. The first kappa shape index (κ1) is 38.7. The molecule has 2 aromatic heterocycles. The highest BCUT2D eigenvalue weighted by atomic mass is 35.5. The summed E-state index contributed by atoms with van der Waals surface area (Å²) in [5.41, 5.74) is 2.66. The predicted molar refractivity (Wildman–Crippen MR) is 193 cm³/mol. The number of Topliss-reactive ketones (excluding diaryl/α,β-unsaturated/α-hetero) is 1. The van der Waals surface area contributed by atoms with Crippen LogP contribution >= 0.6 is 12.4 Å². The summed E-state index contributed by atoms with van der Waals surface area (Å²) in [5.74, 6) is 1.12. The maximum absolute atomic E-state index is 12.7. The number of hydrogen-bond acceptors (Lipinski definition) is 7. The smallest absolute Gasteiger partial charge is 0.309 e. The first-order chi connectivity index (χ1) is 22.9. The van der Waals surface area contributed by atoms with Crippen LogP contribution in [0.3, 0.4) is 0 Å². The maximum Gasteiger partial charge on any atom is 0.309 e. The molecular formula is C38H53ClN6O3. The van der Waals surface area contributed by atoms with Crippen molar-refractivity contribution in [1.29, 1.82) is 0 Å². The van der Waals surface area contributed by atoms with E-state index in [-0.39, 0.29) is 36.0 Å². The second kappa shape index (κ2) is 21.2. The van der Waals surface area contributed by atoms with Crippen LogP contribution in [0.25, 0.3) is 0 Å². The molecule has 0 saturated carbocycles. The molecule has 6 rings (SSSR count). The zero-order valence-corrected chi connectivity index (χ0v) is 29.6. The SMILES string of the molecule is CCOC(=O)C1CCN(C)CC1.CN1CCC(C(=O)c2nccn2CCc2ccccc2)CC1.Cl.c1ccc(CCn2ccnc2)cc1. The summed E-state index contributed by atoms with van der Waals surface area (Å²) in [6.07, 6.45) is 15.1. The highest BCUT2D eigenvalue weighted by molar-refractivity contribution is 5.94. The lowest BCUT2D eigenvalue weighted by Gasteiger charge is -2.27. The van der Waals surface area contributed by atoms with Gasteiger partial charge in [-0.3, -0.25) is 9.59 Å². The topological polar surface area (TPSA) is 85.5 Å². The van der Waals surface area contributed by atoms with Crippen molar-refractivity contribution >= 4 is 24.2 Å². The Balaban J connectivity index is 0.000000207. The summed E-state index contributed by atoms with van der Waals surface area (Å²) in [4.78, 5) is 36.8. The number of carbonyl (C=O) groups is 2. The number of imidazole rings is 2. The lowest BCUT2D eigenvalue weighted by atomic mass is 9.92. The zero-order chi connectivity index (χ0) is 33.3. The Morgan fingerprint density at radius 3 is 1.81 bits per heavy atom. The van der Waals surface area contributed by atoms with E-state index in [4.69, 9.17) is 4.74 Å². The molecule has 2 aromatic carbocycles. The van der Waals surface area contributed by atoms with E-state index in [1.807, 2.05) is 60.7 Å². The summed E-state index contributed by atoms with van der Waals surface area (Å²) in [6.45, 7) is 8.20. The van der Waals surface area contributed by atoms with Gasteiger partial charge in [-0.15, -0.1) is 12.4 Å². The minimum absolute atomic E-state index is 0. The van der Waals surface area contributed by atoms with Crippen LogP contribution < -0.4 is 0 Å². The molecule has 0 N–H and O–H groups in total. The molecule has 9 nitrogen and oxygen atoms in total. The molecule has 2 saturated heterocycles. The van der Waals surface area contributed by atoms with Gasteiger partial charge in [0.25, 0.3) is 0 Å². The number of ketones is 1. The number of esters is 1. The number of aromatic nitrogens is 4. The Kier molecular flexibility index (Phi) is 17.1. The van der Waals surface area contributed by atoms with Crippen molar-refractivity contribution in [2.75, 3.05) is 46.9 Å². The van der Waals surface area contributed by atoms with Crippen LogP contribution in [-0.2, 0) is 35.5 Å². The Hall–Kier alpha value is -3.79. The van der Waals surface area contributed by atoms with E-state index in [2.05, 4.69) is 74.8 Å². The van der Waals surface area contributed by atoms with Gasteiger partial charge < -0.3 is 23.7 Å². The third-order valence-corrected chi connectivity index (χ3v) is 8.91. The molecule has 0 atom stereocenters. The van der Waals surface area contributed by atoms with Crippen LogP contribution in [0.15, 0.2) is 91.8 Å². The largest absolute Gasteiger partial charge is 0.466 e. The lowest BCUT2D eigenvalue weighted by molar-refractivity contribution is -0.149. The van der Waals surface area contributed by atoms with Gasteiger partial charge in [-0.25, -0.2) is 9.97 Å². The fourth-order valence-electron chi connectivity index (χ4n) is 5.89. The van der Waals surface area contributed by atoms with Crippen molar-refractivity contribution in [3.63, 3.8) is 0 Å². The first-order valence-electron chi connectivity index (χ1n) is 17.1. The predicted octanol–water partition coefficient (Wildman–Crippen LogP) is 6.09. The number of piperidine rings is 2. The monoisotopic (exact) mass is 676 g/mol. The van der Waals surface area contributed by atoms with Gasteiger partial charge in [-0.05, 0) is 96.8 Å². The maximum atomic E-state index is 12.7. The molecule has 10 heteroatoms. The van der Waals surface area contributed by atoms with Crippen molar-refractivity contribution in [3.8, 4) is 0 Å². The highest BCUT2D eigenvalue weighted by Crippen LogP contribution is 2.21. The number of hydrogen-bond donors (Lipinski definition) is 0. The molecule has 0 radical (unpaired) electrons. The average molecular weight is 677 g/mol. The van der Waals surface area contributed by atoms with E-state index in [1.165, 1.54) is 11.1 Å². The van der Waals surface area contributed by atoms with E-state index >= 15 is 0 Å². The summed E-state index contributed by atoms with van der Waals surface area (Å²) in [6, 6.07) is 20.9. The quantitative estimate of drug-likeness (QED) is 0.149. The van der Waals surface area contributed by atoms with E-state index in [1.54, 1.807) is 6.20 Å². The van der Waals surface area contributed by atoms with Crippen molar-refractivity contribution in [2.24, 2.45) is 11.8 Å². The molecule has 4 aromatic rings. The van der Waals surface area contributed by atoms with Gasteiger partial charge >= 0.3 is 5.97 Å². The number of likely N-dealkylation sites (tertiary alicyclic amines) is 2. The molecule has 4 heterocycles.